The van der Waals surface area contributed by atoms with Crippen LogP contribution in [0.1, 0.15) is 27.6 Å². The monoisotopic (exact) mass is 205 g/mol. The van der Waals surface area contributed by atoms with Crippen LogP contribution in [0.2, 0.25) is 0 Å². The number of imidazole rings is 1. The zero-order valence-corrected chi connectivity index (χ0v) is 8.77. The highest BCUT2D eigenvalue weighted by atomic mass is 16.4. The van der Waals surface area contributed by atoms with Gasteiger partial charge < -0.3 is 9.51 Å². The largest absolute Gasteiger partial charge is 0.476 e. The van der Waals surface area contributed by atoms with Crippen LogP contribution in [-0.2, 0) is 0 Å². The maximum Gasteiger partial charge on any atom is 0.356 e. The van der Waals surface area contributed by atoms with Crippen molar-refractivity contribution in [3.8, 4) is 0 Å². The fraction of sp³-hybridized carbons (Fsp3) is 0.300. The average Bonchev–Trinajstić information content (AvgIpc) is 2.59. The van der Waals surface area contributed by atoms with Gasteiger partial charge in [-0.25, -0.2) is 9.78 Å². The lowest BCUT2D eigenvalue weighted by Crippen LogP contribution is -1.99. The van der Waals surface area contributed by atoms with Crippen molar-refractivity contribution in [2.75, 3.05) is 0 Å². The zero-order valence-electron chi connectivity index (χ0n) is 8.77. The summed E-state index contributed by atoms with van der Waals surface area (Å²) in [7, 11) is 0. The molecule has 78 valence electrons. The SMILES string of the molecule is Cc1nc(C)c2nc(C(=O)O)cn2c1C. The molecule has 0 aliphatic rings. The fourth-order valence-corrected chi connectivity index (χ4v) is 1.55. The number of carbonyl (C=O) groups is 1. The van der Waals surface area contributed by atoms with Crippen molar-refractivity contribution < 1.29 is 9.90 Å². The molecule has 2 aromatic rings. The molecule has 0 spiro atoms. The van der Waals surface area contributed by atoms with E-state index < -0.39 is 5.97 Å². The molecule has 0 atom stereocenters. The zero-order chi connectivity index (χ0) is 11.2. The van der Waals surface area contributed by atoms with Crippen LogP contribution in [0.25, 0.3) is 5.65 Å². The minimum absolute atomic E-state index is 0.0496. The van der Waals surface area contributed by atoms with Gasteiger partial charge in [0.2, 0.25) is 0 Å². The van der Waals surface area contributed by atoms with Gasteiger partial charge in [0.05, 0.1) is 11.4 Å². The number of carboxylic acid groups (broad SMARTS) is 1. The molecular weight excluding hydrogens is 194 g/mol. The summed E-state index contributed by atoms with van der Waals surface area (Å²) in [6.45, 7) is 5.60. The van der Waals surface area contributed by atoms with E-state index >= 15 is 0 Å². The molecule has 15 heavy (non-hydrogen) atoms. The van der Waals surface area contributed by atoms with Gasteiger partial charge in [0, 0.05) is 11.9 Å². The Hall–Kier alpha value is -1.91. The number of aromatic carboxylic acids is 1. The van der Waals surface area contributed by atoms with Crippen LogP contribution in [0.3, 0.4) is 0 Å². The predicted molar refractivity (Wildman–Crippen MR) is 54.2 cm³/mol. The topological polar surface area (TPSA) is 67.5 Å². The second-order valence-electron chi connectivity index (χ2n) is 3.49. The van der Waals surface area contributed by atoms with Crippen LogP contribution < -0.4 is 0 Å². The smallest absolute Gasteiger partial charge is 0.356 e. The number of fused-ring (bicyclic) bond motifs is 1. The van der Waals surface area contributed by atoms with Crippen molar-refractivity contribution in [2.45, 2.75) is 20.8 Å². The summed E-state index contributed by atoms with van der Waals surface area (Å²) in [4.78, 5) is 19.1. The van der Waals surface area contributed by atoms with E-state index in [0.29, 0.717) is 5.65 Å². The second kappa shape index (κ2) is 3.05. The van der Waals surface area contributed by atoms with Gasteiger partial charge in [0.15, 0.2) is 11.3 Å². The lowest BCUT2D eigenvalue weighted by molar-refractivity contribution is 0.0691. The number of hydrogen-bond acceptors (Lipinski definition) is 3. The van der Waals surface area contributed by atoms with E-state index in [-0.39, 0.29) is 5.69 Å². The van der Waals surface area contributed by atoms with Crippen molar-refractivity contribution in [1.29, 1.82) is 0 Å². The molecule has 5 nitrogen and oxygen atoms in total. The first kappa shape index (κ1) is 9.64. The third-order valence-corrected chi connectivity index (χ3v) is 2.47. The van der Waals surface area contributed by atoms with Crippen molar-refractivity contribution in [3.05, 3.63) is 29.0 Å². The predicted octanol–water partition coefficient (Wildman–Crippen LogP) is 1.35. The Kier molecular flexibility index (Phi) is 1.96. The maximum atomic E-state index is 10.8. The first-order valence-electron chi connectivity index (χ1n) is 4.57. The summed E-state index contributed by atoms with van der Waals surface area (Å²) in [6, 6.07) is 0. The molecule has 2 heterocycles. The fourth-order valence-electron chi connectivity index (χ4n) is 1.55. The normalized spacial score (nSPS) is 10.9. The Morgan fingerprint density at radius 3 is 2.53 bits per heavy atom. The van der Waals surface area contributed by atoms with Gasteiger partial charge in [-0.1, -0.05) is 0 Å². The van der Waals surface area contributed by atoms with Gasteiger partial charge in [0.1, 0.15) is 0 Å². The molecule has 2 rings (SSSR count). The molecule has 1 N–H and O–H groups in total. The van der Waals surface area contributed by atoms with Gasteiger partial charge in [0.25, 0.3) is 0 Å². The van der Waals surface area contributed by atoms with Gasteiger partial charge in [-0.05, 0) is 20.8 Å². The lowest BCUT2D eigenvalue weighted by Gasteiger charge is -2.04. The molecule has 0 saturated heterocycles. The Balaban J connectivity index is 2.85. The van der Waals surface area contributed by atoms with Crippen LogP contribution in [0.5, 0.6) is 0 Å². The number of aryl methyl sites for hydroxylation is 3. The third kappa shape index (κ3) is 1.36. The standard InChI is InChI=1S/C10H11N3O2/c1-5-7(3)13-4-8(10(14)15)12-9(13)6(2)11-5/h4H,1-3H3,(H,14,15). The van der Waals surface area contributed by atoms with Crippen LogP contribution in [0.15, 0.2) is 6.20 Å². The van der Waals surface area contributed by atoms with Gasteiger partial charge in [-0.2, -0.15) is 0 Å². The van der Waals surface area contributed by atoms with E-state index in [2.05, 4.69) is 9.97 Å². The van der Waals surface area contributed by atoms with E-state index in [1.807, 2.05) is 20.8 Å². The average molecular weight is 205 g/mol. The molecule has 5 heteroatoms. The van der Waals surface area contributed by atoms with Crippen LogP contribution in [-0.4, -0.2) is 25.4 Å². The van der Waals surface area contributed by atoms with Gasteiger partial charge in [-0.3, -0.25) is 4.98 Å². The summed E-state index contributed by atoms with van der Waals surface area (Å²) in [6.07, 6.45) is 1.52. The van der Waals surface area contributed by atoms with Crippen molar-refractivity contribution in [2.24, 2.45) is 0 Å². The second-order valence-corrected chi connectivity index (χ2v) is 3.49. The number of hydrogen-bond donors (Lipinski definition) is 1. The Bertz CT molecular complexity index is 557. The Morgan fingerprint density at radius 1 is 1.27 bits per heavy atom. The molecule has 0 unspecified atom stereocenters. The van der Waals surface area contributed by atoms with Crippen LogP contribution in [0.4, 0.5) is 0 Å². The molecular formula is C10H11N3O2. The van der Waals surface area contributed by atoms with Crippen molar-refractivity contribution in [1.82, 2.24) is 14.4 Å². The van der Waals surface area contributed by atoms with Crippen molar-refractivity contribution in [3.63, 3.8) is 0 Å². The Labute approximate surface area is 86.4 Å². The summed E-state index contributed by atoms with van der Waals surface area (Å²) in [5.74, 6) is -1.02. The minimum Gasteiger partial charge on any atom is -0.476 e. The van der Waals surface area contributed by atoms with E-state index in [1.165, 1.54) is 6.20 Å². The number of rotatable bonds is 1. The highest BCUT2D eigenvalue weighted by Gasteiger charge is 2.13. The van der Waals surface area contributed by atoms with Crippen molar-refractivity contribution >= 4 is 11.6 Å². The van der Waals surface area contributed by atoms with E-state index in [1.54, 1.807) is 4.40 Å². The first-order chi connectivity index (χ1) is 7.00. The molecule has 0 fully saturated rings. The summed E-state index contributed by atoms with van der Waals surface area (Å²) >= 11 is 0. The first-order valence-corrected chi connectivity index (χ1v) is 4.57. The summed E-state index contributed by atoms with van der Waals surface area (Å²) in [5, 5.41) is 8.84. The molecule has 0 aromatic carbocycles. The van der Waals surface area contributed by atoms with E-state index in [0.717, 1.165) is 17.1 Å². The Morgan fingerprint density at radius 2 is 1.93 bits per heavy atom. The number of aromatic nitrogens is 3. The molecule has 0 bridgehead atoms. The molecule has 0 amide bonds. The molecule has 2 aromatic heterocycles. The highest BCUT2D eigenvalue weighted by Crippen LogP contribution is 2.13. The summed E-state index contributed by atoms with van der Waals surface area (Å²) in [5.41, 5.74) is 3.19. The van der Waals surface area contributed by atoms with E-state index in [4.69, 9.17) is 5.11 Å². The van der Waals surface area contributed by atoms with Crippen LogP contribution >= 0.6 is 0 Å². The van der Waals surface area contributed by atoms with Gasteiger partial charge >= 0.3 is 5.97 Å². The highest BCUT2D eigenvalue weighted by molar-refractivity contribution is 5.86. The number of carboxylic acids is 1. The van der Waals surface area contributed by atoms with Crippen LogP contribution in [0, 0.1) is 20.8 Å². The molecule has 0 saturated carbocycles. The maximum absolute atomic E-state index is 10.8. The molecule has 0 radical (unpaired) electrons. The number of nitrogens with zero attached hydrogens (tertiary/aromatic N) is 3. The van der Waals surface area contributed by atoms with E-state index in [9.17, 15) is 4.79 Å². The molecule has 0 aliphatic carbocycles. The third-order valence-electron chi connectivity index (χ3n) is 2.47. The minimum atomic E-state index is -1.02. The van der Waals surface area contributed by atoms with Gasteiger partial charge in [-0.15, -0.1) is 0 Å². The quantitative estimate of drug-likeness (QED) is 0.763. The lowest BCUT2D eigenvalue weighted by atomic mass is 10.3. The molecule has 0 aliphatic heterocycles. The summed E-state index contributed by atoms with van der Waals surface area (Å²) < 4.78 is 1.76.